The second-order valence-corrected chi connectivity index (χ2v) is 6.97. The van der Waals surface area contributed by atoms with Gasteiger partial charge >= 0.3 is 0 Å². The van der Waals surface area contributed by atoms with E-state index in [9.17, 15) is 4.79 Å². The molecular weight excluding hydrogens is 336 g/mol. The Morgan fingerprint density at radius 2 is 1.85 bits per heavy atom. The zero-order valence-electron chi connectivity index (χ0n) is 16.5. The van der Waals surface area contributed by atoms with Gasteiger partial charge in [-0.1, -0.05) is 30.3 Å². The van der Waals surface area contributed by atoms with Crippen LogP contribution in [-0.2, 0) is 11.2 Å². The van der Waals surface area contributed by atoms with Gasteiger partial charge in [-0.3, -0.25) is 9.78 Å². The number of hydrogen-bond acceptors (Lipinski definition) is 3. The average Bonchev–Trinajstić information content (AvgIpc) is 2.65. The molecule has 140 valence electrons. The number of pyridine rings is 1. The van der Waals surface area contributed by atoms with E-state index >= 15 is 0 Å². The first-order chi connectivity index (χ1) is 13.0. The predicted octanol–water partition coefficient (Wildman–Crippen LogP) is 4.24. The first-order valence-electron chi connectivity index (χ1n) is 9.24. The quantitative estimate of drug-likeness (QED) is 0.659. The van der Waals surface area contributed by atoms with Crippen molar-refractivity contribution in [3.05, 3.63) is 70.9 Å². The van der Waals surface area contributed by atoms with E-state index in [4.69, 9.17) is 4.74 Å². The number of benzene rings is 2. The predicted molar refractivity (Wildman–Crippen MR) is 109 cm³/mol. The molecule has 2 aromatic carbocycles. The lowest BCUT2D eigenvalue weighted by Gasteiger charge is -2.19. The van der Waals surface area contributed by atoms with Gasteiger partial charge in [0.05, 0.1) is 18.5 Å². The molecule has 0 radical (unpaired) electrons. The maximum atomic E-state index is 12.7. The largest absolute Gasteiger partial charge is 0.492 e. The molecule has 3 aromatic rings. The average molecular weight is 362 g/mol. The fraction of sp³-hybridized carbons (Fsp3) is 0.304. The molecule has 0 unspecified atom stereocenters. The van der Waals surface area contributed by atoms with E-state index in [0.29, 0.717) is 19.6 Å². The number of aromatic nitrogens is 1. The highest BCUT2D eigenvalue weighted by Crippen LogP contribution is 2.23. The second-order valence-electron chi connectivity index (χ2n) is 6.97. The smallest absolute Gasteiger partial charge is 0.226 e. The third-order valence-electron chi connectivity index (χ3n) is 4.92. The van der Waals surface area contributed by atoms with Crippen LogP contribution in [0.2, 0.25) is 0 Å². The second kappa shape index (κ2) is 8.21. The summed E-state index contributed by atoms with van der Waals surface area (Å²) in [6.07, 6.45) is 0.358. The van der Waals surface area contributed by atoms with Gasteiger partial charge in [-0.2, -0.15) is 0 Å². The Morgan fingerprint density at radius 3 is 2.63 bits per heavy atom. The van der Waals surface area contributed by atoms with E-state index in [1.165, 1.54) is 0 Å². The summed E-state index contributed by atoms with van der Waals surface area (Å²) in [5.41, 5.74) is 5.21. The molecule has 4 heteroatoms. The van der Waals surface area contributed by atoms with Crippen molar-refractivity contribution in [2.45, 2.75) is 27.2 Å². The Morgan fingerprint density at radius 1 is 1.07 bits per heavy atom. The minimum Gasteiger partial charge on any atom is -0.492 e. The molecule has 1 amide bonds. The van der Waals surface area contributed by atoms with E-state index in [2.05, 4.69) is 18.0 Å². The Kier molecular flexibility index (Phi) is 5.75. The third-order valence-corrected chi connectivity index (χ3v) is 4.92. The van der Waals surface area contributed by atoms with Gasteiger partial charge in [-0.25, -0.2) is 0 Å². The number of nitrogens with zero attached hydrogens (tertiary/aromatic N) is 2. The van der Waals surface area contributed by atoms with Crippen molar-refractivity contribution >= 4 is 16.8 Å². The molecule has 0 aliphatic carbocycles. The molecule has 3 rings (SSSR count). The summed E-state index contributed by atoms with van der Waals surface area (Å²) in [6.45, 7) is 7.10. The van der Waals surface area contributed by atoms with Crippen molar-refractivity contribution in [3.8, 4) is 5.75 Å². The molecule has 0 N–H and O–H groups in total. The molecule has 0 saturated carbocycles. The van der Waals surface area contributed by atoms with E-state index in [0.717, 1.165) is 39.0 Å². The van der Waals surface area contributed by atoms with Crippen LogP contribution in [-0.4, -0.2) is 36.0 Å². The van der Waals surface area contributed by atoms with E-state index < -0.39 is 0 Å². The van der Waals surface area contributed by atoms with Crippen LogP contribution in [0, 0.1) is 20.8 Å². The van der Waals surface area contributed by atoms with Crippen LogP contribution in [0.1, 0.15) is 22.4 Å². The summed E-state index contributed by atoms with van der Waals surface area (Å²) in [5, 5.41) is 1.11. The lowest BCUT2D eigenvalue weighted by atomic mass is 9.99. The molecule has 0 bridgehead atoms. The lowest BCUT2D eigenvalue weighted by molar-refractivity contribution is -0.129. The summed E-state index contributed by atoms with van der Waals surface area (Å²) >= 11 is 0. The van der Waals surface area contributed by atoms with Crippen molar-refractivity contribution in [2.24, 2.45) is 0 Å². The zero-order chi connectivity index (χ0) is 19.4. The minimum absolute atomic E-state index is 0.0751. The number of ether oxygens (including phenoxy) is 1. The number of likely N-dealkylation sites (N-methyl/N-ethyl adjacent to an activating group) is 1. The minimum atomic E-state index is 0.0751. The highest BCUT2D eigenvalue weighted by molar-refractivity contribution is 5.86. The van der Waals surface area contributed by atoms with Gasteiger partial charge in [0.2, 0.25) is 5.91 Å². The van der Waals surface area contributed by atoms with Gasteiger partial charge < -0.3 is 9.64 Å². The fourth-order valence-corrected chi connectivity index (χ4v) is 3.25. The van der Waals surface area contributed by atoms with Crippen molar-refractivity contribution in [3.63, 3.8) is 0 Å². The fourth-order valence-electron chi connectivity index (χ4n) is 3.25. The monoisotopic (exact) mass is 362 g/mol. The highest BCUT2D eigenvalue weighted by atomic mass is 16.5. The standard InChI is InChI=1S/C23H26N2O2/c1-16-8-7-9-19(14-16)27-13-12-25(4)23(26)15-21-17(2)20-10-5-6-11-22(20)24-18(21)3/h5-11,14H,12-13,15H2,1-4H3. The lowest BCUT2D eigenvalue weighted by Crippen LogP contribution is -2.32. The van der Waals surface area contributed by atoms with Crippen molar-refractivity contribution in [1.29, 1.82) is 0 Å². The van der Waals surface area contributed by atoms with E-state index in [1.807, 2.05) is 63.4 Å². The van der Waals surface area contributed by atoms with Gasteiger partial charge in [-0.15, -0.1) is 0 Å². The van der Waals surface area contributed by atoms with Gasteiger partial charge in [0.1, 0.15) is 12.4 Å². The summed E-state index contributed by atoms with van der Waals surface area (Å²) in [5.74, 6) is 0.910. The van der Waals surface area contributed by atoms with Crippen molar-refractivity contribution < 1.29 is 9.53 Å². The third kappa shape index (κ3) is 4.45. The number of rotatable bonds is 6. The molecule has 0 aliphatic rings. The van der Waals surface area contributed by atoms with E-state index in [-0.39, 0.29) is 5.91 Å². The molecule has 0 atom stereocenters. The topological polar surface area (TPSA) is 42.4 Å². The summed E-state index contributed by atoms with van der Waals surface area (Å²) in [4.78, 5) is 19.1. The molecule has 1 heterocycles. The number of para-hydroxylation sites is 1. The number of carbonyl (C=O) groups excluding carboxylic acids is 1. The van der Waals surface area contributed by atoms with Crippen LogP contribution in [0.25, 0.3) is 10.9 Å². The molecule has 0 saturated heterocycles. The molecule has 4 nitrogen and oxygen atoms in total. The van der Waals surface area contributed by atoms with Gasteiger partial charge in [0.15, 0.2) is 0 Å². The van der Waals surface area contributed by atoms with Crippen LogP contribution in [0.15, 0.2) is 48.5 Å². The Bertz CT molecular complexity index is 966. The first kappa shape index (κ1) is 18.9. The highest BCUT2D eigenvalue weighted by Gasteiger charge is 2.15. The number of hydrogen-bond donors (Lipinski definition) is 0. The number of fused-ring (bicyclic) bond motifs is 1. The first-order valence-corrected chi connectivity index (χ1v) is 9.24. The normalized spacial score (nSPS) is 10.8. The molecule has 1 aromatic heterocycles. The summed E-state index contributed by atoms with van der Waals surface area (Å²) < 4.78 is 5.76. The van der Waals surface area contributed by atoms with Gasteiger partial charge in [-0.05, 0) is 55.7 Å². The maximum absolute atomic E-state index is 12.7. The Hall–Kier alpha value is -2.88. The SMILES string of the molecule is Cc1cccc(OCCN(C)C(=O)Cc2c(C)nc3ccccc3c2C)c1. The van der Waals surface area contributed by atoms with Crippen LogP contribution < -0.4 is 4.74 Å². The Labute approximate surface area is 160 Å². The van der Waals surface area contributed by atoms with E-state index in [1.54, 1.807) is 4.90 Å². The number of carbonyl (C=O) groups is 1. The molecule has 0 spiro atoms. The van der Waals surface area contributed by atoms with Crippen LogP contribution in [0.5, 0.6) is 5.75 Å². The van der Waals surface area contributed by atoms with Crippen molar-refractivity contribution in [2.75, 3.05) is 20.2 Å². The molecular formula is C23H26N2O2. The number of aryl methyl sites for hydroxylation is 3. The Balaban J connectivity index is 1.63. The number of amides is 1. The van der Waals surface area contributed by atoms with Crippen LogP contribution >= 0.6 is 0 Å². The molecule has 27 heavy (non-hydrogen) atoms. The maximum Gasteiger partial charge on any atom is 0.226 e. The summed E-state index contributed by atoms with van der Waals surface area (Å²) in [6, 6.07) is 16.0. The summed E-state index contributed by atoms with van der Waals surface area (Å²) in [7, 11) is 1.82. The van der Waals surface area contributed by atoms with Crippen LogP contribution in [0.4, 0.5) is 0 Å². The molecule has 0 aliphatic heterocycles. The van der Waals surface area contributed by atoms with Gasteiger partial charge in [0, 0.05) is 18.1 Å². The van der Waals surface area contributed by atoms with Crippen LogP contribution in [0.3, 0.4) is 0 Å². The van der Waals surface area contributed by atoms with Crippen molar-refractivity contribution in [1.82, 2.24) is 9.88 Å². The zero-order valence-corrected chi connectivity index (χ0v) is 16.5. The molecule has 0 fully saturated rings. The van der Waals surface area contributed by atoms with Gasteiger partial charge in [0.25, 0.3) is 0 Å².